The van der Waals surface area contributed by atoms with Crippen molar-refractivity contribution in [3.63, 3.8) is 0 Å². The minimum Gasteiger partial charge on any atom is -0.379 e. The van der Waals surface area contributed by atoms with Crippen molar-refractivity contribution < 1.29 is 4.74 Å². The molecule has 0 aromatic rings. The second-order valence-electron chi connectivity index (χ2n) is 5.76. The maximum Gasteiger partial charge on any atom is 0.0620 e. The molecule has 2 aliphatic rings. The fourth-order valence-electron chi connectivity index (χ4n) is 3.00. The van der Waals surface area contributed by atoms with E-state index in [9.17, 15) is 0 Å². The molecule has 17 heavy (non-hydrogen) atoms. The Labute approximate surface area is 106 Å². The summed E-state index contributed by atoms with van der Waals surface area (Å²) < 4.78 is 5.47. The number of nitrogens with zero attached hydrogens (tertiary/aromatic N) is 1. The van der Waals surface area contributed by atoms with Crippen molar-refractivity contribution in [3.05, 3.63) is 0 Å². The van der Waals surface area contributed by atoms with Crippen molar-refractivity contribution in [1.29, 1.82) is 0 Å². The fraction of sp³-hybridized carbons (Fsp3) is 1.00. The molecule has 100 valence electrons. The van der Waals surface area contributed by atoms with E-state index in [0.29, 0.717) is 6.04 Å². The highest BCUT2D eigenvalue weighted by Crippen LogP contribution is 2.27. The van der Waals surface area contributed by atoms with Gasteiger partial charge in [0.1, 0.15) is 0 Å². The van der Waals surface area contributed by atoms with Crippen molar-refractivity contribution >= 4 is 0 Å². The van der Waals surface area contributed by atoms with Crippen LogP contribution in [0.4, 0.5) is 0 Å². The molecule has 1 aliphatic carbocycles. The van der Waals surface area contributed by atoms with Crippen LogP contribution in [0, 0.1) is 5.92 Å². The first-order valence-electron chi connectivity index (χ1n) is 7.34. The second kappa shape index (κ2) is 7.34. The van der Waals surface area contributed by atoms with Crippen LogP contribution in [0.3, 0.4) is 0 Å². The average Bonchev–Trinajstić information content (AvgIpc) is 2.88. The van der Waals surface area contributed by atoms with Crippen molar-refractivity contribution in [2.45, 2.75) is 44.6 Å². The van der Waals surface area contributed by atoms with E-state index in [1.807, 2.05) is 0 Å². The molecule has 0 bridgehead atoms. The number of hydrogen-bond donors (Lipinski definition) is 1. The molecular weight excluding hydrogens is 212 g/mol. The summed E-state index contributed by atoms with van der Waals surface area (Å²) in [6.45, 7) is 5.28. The highest BCUT2D eigenvalue weighted by atomic mass is 16.5. The zero-order chi connectivity index (χ0) is 11.9. The Morgan fingerprint density at radius 3 is 2.65 bits per heavy atom. The first-order valence-corrected chi connectivity index (χ1v) is 7.34. The van der Waals surface area contributed by atoms with Crippen molar-refractivity contribution in [1.82, 2.24) is 10.2 Å². The summed E-state index contributed by atoms with van der Waals surface area (Å²) in [6, 6.07) is 0.581. The highest BCUT2D eigenvalue weighted by Gasteiger charge is 2.16. The van der Waals surface area contributed by atoms with Gasteiger partial charge in [0.05, 0.1) is 13.2 Å². The third-order valence-electron chi connectivity index (χ3n) is 4.25. The predicted octanol–water partition coefficient (Wildman–Crippen LogP) is 1.88. The van der Waals surface area contributed by atoms with E-state index in [-0.39, 0.29) is 0 Å². The first-order chi connectivity index (χ1) is 8.34. The molecule has 1 saturated carbocycles. The summed E-state index contributed by atoms with van der Waals surface area (Å²) in [6.07, 6.45) is 8.53. The van der Waals surface area contributed by atoms with Gasteiger partial charge in [-0.15, -0.1) is 0 Å². The summed E-state index contributed by atoms with van der Waals surface area (Å²) in [5, 5.41) is 3.52. The molecule has 0 radical (unpaired) electrons. The lowest BCUT2D eigenvalue weighted by atomic mass is 10.0. The van der Waals surface area contributed by atoms with Crippen LogP contribution in [0.2, 0.25) is 0 Å². The van der Waals surface area contributed by atoms with Gasteiger partial charge in [0, 0.05) is 12.6 Å². The van der Waals surface area contributed by atoms with Gasteiger partial charge in [-0.3, -0.25) is 0 Å². The van der Waals surface area contributed by atoms with Crippen molar-refractivity contribution in [2.24, 2.45) is 5.92 Å². The van der Waals surface area contributed by atoms with Gasteiger partial charge in [0.2, 0.25) is 0 Å². The standard InChI is InChI=1S/C14H28N2O/c1-16(9-6-13-4-2-3-5-13)10-7-14-12-17-11-8-15-14/h13-15H,2-12H2,1H3. The van der Waals surface area contributed by atoms with Gasteiger partial charge < -0.3 is 15.0 Å². The third kappa shape index (κ3) is 4.94. The zero-order valence-corrected chi connectivity index (χ0v) is 11.3. The summed E-state index contributed by atoms with van der Waals surface area (Å²) in [4.78, 5) is 2.49. The summed E-state index contributed by atoms with van der Waals surface area (Å²) in [5.41, 5.74) is 0. The van der Waals surface area contributed by atoms with Crippen molar-refractivity contribution in [3.8, 4) is 0 Å². The third-order valence-corrected chi connectivity index (χ3v) is 4.25. The molecule has 0 aromatic carbocycles. The molecule has 0 amide bonds. The van der Waals surface area contributed by atoms with Crippen LogP contribution < -0.4 is 5.32 Å². The summed E-state index contributed by atoms with van der Waals surface area (Å²) in [7, 11) is 2.26. The number of morpholine rings is 1. The van der Waals surface area contributed by atoms with Gasteiger partial charge in [-0.25, -0.2) is 0 Å². The molecule has 1 atom stereocenters. The zero-order valence-electron chi connectivity index (χ0n) is 11.3. The van der Waals surface area contributed by atoms with Crippen LogP contribution in [0.15, 0.2) is 0 Å². The van der Waals surface area contributed by atoms with E-state index >= 15 is 0 Å². The molecule has 1 saturated heterocycles. The topological polar surface area (TPSA) is 24.5 Å². The molecule has 2 fully saturated rings. The molecular formula is C14H28N2O. The molecule has 1 aliphatic heterocycles. The number of rotatable bonds is 6. The predicted molar refractivity (Wildman–Crippen MR) is 71.3 cm³/mol. The molecule has 3 heteroatoms. The minimum atomic E-state index is 0.581. The lowest BCUT2D eigenvalue weighted by molar-refractivity contribution is 0.0708. The van der Waals surface area contributed by atoms with Gasteiger partial charge in [-0.05, 0) is 38.9 Å². The number of nitrogens with one attached hydrogen (secondary N) is 1. The van der Waals surface area contributed by atoms with E-state index in [1.54, 1.807) is 0 Å². The average molecular weight is 240 g/mol. The Balaban J connectivity index is 1.52. The molecule has 1 heterocycles. The summed E-state index contributed by atoms with van der Waals surface area (Å²) in [5.74, 6) is 1.02. The molecule has 1 unspecified atom stereocenters. The van der Waals surface area contributed by atoms with Crippen LogP contribution in [0.25, 0.3) is 0 Å². The molecule has 0 spiro atoms. The van der Waals surface area contributed by atoms with E-state index in [0.717, 1.165) is 25.7 Å². The minimum absolute atomic E-state index is 0.581. The van der Waals surface area contributed by atoms with Gasteiger partial charge in [0.15, 0.2) is 0 Å². The maximum absolute atomic E-state index is 5.47. The Bertz CT molecular complexity index is 198. The first kappa shape index (κ1) is 13.3. The lowest BCUT2D eigenvalue weighted by Crippen LogP contribution is -2.43. The molecule has 0 aromatic heterocycles. The van der Waals surface area contributed by atoms with Crippen LogP contribution in [0.5, 0.6) is 0 Å². The monoisotopic (exact) mass is 240 g/mol. The van der Waals surface area contributed by atoms with Crippen LogP contribution >= 0.6 is 0 Å². The van der Waals surface area contributed by atoms with E-state index < -0.39 is 0 Å². The molecule has 2 rings (SSSR count). The Hall–Kier alpha value is -0.120. The number of hydrogen-bond acceptors (Lipinski definition) is 3. The lowest BCUT2D eigenvalue weighted by Gasteiger charge is -2.26. The molecule has 3 nitrogen and oxygen atoms in total. The van der Waals surface area contributed by atoms with Crippen molar-refractivity contribution in [2.75, 3.05) is 39.9 Å². The normalized spacial score (nSPS) is 26.8. The maximum atomic E-state index is 5.47. The van der Waals surface area contributed by atoms with Gasteiger partial charge in [-0.2, -0.15) is 0 Å². The summed E-state index contributed by atoms with van der Waals surface area (Å²) >= 11 is 0. The van der Waals surface area contributed by atoms with E-state index in [2.05, 4.69) is 17.3 Å². The highest BCUT2D eigenvalue weighted by molar-refractivity contribution is 4.72. The quantitative estimate of drug-likeness (QED) is 0.767. The van der Waals surface area contributed by atoms with Crippen LogP contribution in [-0.4, -0.2) is 50.8 Å². The fourth-order valence-corrected chi connectivity index (χ4v) is 3.00. The Morgan fingerprint density at radius 1 is 1.18 bits per heavy atom. The largest absolute Gasteiger partial charge is 0.379 e. The van der Waals surface area contributed by atoms with Gasteiger partial charge in [0.25, 0.3) is 0 Å². The van der Waals surface area contributed by atoms with Crippen LogP contribution in [0.1, 0.15) is 38.5 Å². The van der Waals surface area contributed by atoms with E-state index in [1.165, 1.54) is 51.6 Å². The molecule has 1 N–H and O–H groups in total. The Kier molecular flexibility index (Phi) is 5.75. The van der Waals surface area contributed by atoms with Gasteiger partial charge in [-0.1, -0.05) is 25.7 Å². The Morgan fingerprint density at radius 2 is 1.94 bits per heavy atom. The van der Waals surface area contributed by atoms with Crippen LogP contribution in [-0.2, 0) is 4.74 Å². The van der Waals surface area contributed by atoms with E-state index in [4.69, 9.17) is 4.74 Å². The SMILES string of the molecule is CN(CCC1CCCC1)CCC1COCCN1. The van der Waals surface area contributed by atoms with Gasteiger partial charge >= 0.3 is 0 Å². The second-order valence-corrected chi connectivity index (χ2v) is 5.76. The smallest absolute Gasteiger partial charge is 0.0620 e. The number of ether oxygens (including phenoxy) is 1.